The van der Waals surface area contributed by atoms with Crippen LogP contribution in [0.4, 0.5) is 4.39 Å². The molecule has 21 heavy (non-hydrogen) atoms. The second-order valence-corrected chi connectivity index (χ2v) is 5.73. The predicted octanol–water partition coefficient (Wildman–Crippen LogP) is 3.22. The second-order valence-electron chi connectivity index (χ2n) is 5.35. The Morgan fingerprint density at radius 2 is 1.90 bits per heavy atom. The smallest absolute Gasteiger partial charge is 0.142 e. The molecular formula is C17H19ClFNO. The Morgan fingerprint density at radius 3 is 2.52 bits per heavy atom. The van der Waals surface area contributed by atoms with Gasteiger partial charge < -0.3 is 10.8 Å². The Balaban J connectivity index is 2.49. The van der Waals surface area contributed by atoms with Gasteiger partial charge in [-0.3, -0.25) is 0 Å². The summed E-state index contributed by atoms with van der Waals surface area (Å²) in [5.74, 6) is -0.456. The van der Waals surface area contributed by atoms with Gasteiger partial charge in [-0.25, -0.2) is 4.39 Å². The van der Waals surface area contributed by atoms with Crippen LogP contribution in [0.25, 0.3) is 0 Å². The number of hydrogen-bond acceptors (Lipinski definition) is 2. The Labute approximate surface area is 129 Å². The Kier molecular flexibility index (Phi) is 4.99. The van der Waals surface area contributed by atoms with Crippen molar-refractivity contribution in [3.05, 3.63) is 70.0 Å². The molecule has 1 unspecified atom stereocenters. The molecule has 2 aromatic carbocycles. The van der Waals surface area contributed by atoms with Crippen LogP contribution in [0.1, 0.15) is 16.7 Å². The Hall–Kier alpha value is -1.42. The average molecular weight is 308 g/mol. The van der Waals surface area contributed by atoms with Gasteiger partial charge in [-0.1, -0.05) is 48.0 Å². The van der Waals surface area contributed by atoms with Crippen LogP contribution in [-0.4, -0.2) is 18.3 Å². The third-order valence-corrected chi connectivity index (χ3v) is 4.39. The maximum absolute atomic E-state index is 13.6. The molecule has 112 valence electrons. The summed E-state index contributed by atoms with van der Waals surface area (Å²) in [5.41, 5.74) is 7.96. The van der Waals surface area contributed by atoms with Crippen molar-refractivity contribution in [2.45, 2.75) is 18.8 Å². The van der Waals surface area contributed by atoms with Gasteiger partial charge in [0.1, 0.15) is 5.82 Å². The highest BCUT2D eigenvalue weighted by Gasteiger charge is 2.32. The lowest BCUT2D eigenvalue weighted by Gasteiger charge is -2.33. The first-order valence-corrected chi connectivity index (χ1v) is 7.22. The minimum Gasteiger partial charge on any atom is -0.395 e. The van der Waals surface area contributed by atoms with E-state index in [0.717, 1.165) is 11.1 Å². The normalized spacial score (nSPS) is 14.0. The number of aliphatic hydroxyl groups excluding tert-OH is 1. The molecule has 3 N–H and O–H groups in total. The number of rotatable bonds is 5. The molecule has 4 heteroatoms. The molecule has 0 amide bonds. The van der Waals surface area contributed by atoms with Gasteiger partial charge in [0, 0.05) is 12.0 Å². The molecule has 2 aromatic rings. The summed E-state index contributed by atoms with van der Waals surface area (Å²) < 4.78 is 13.6. The molecule has 0 spiro atoms. The number of benzene rings is 2. The molecule has 0 fully saturated rings. The van der Waals surface area contributed by atoms with Gasteiger partial charge in [0.2, 0.25) is 0 Å². The van der Waals surface area contributed by atoms with Crippen molar-refractivity contribution in [2.24, 2.45) is 5.73 Å². The minimum absolute atomic E-state index is 0.0948. The molecule has 1 atom stereocenters. The van der Waals surface area contributed by atoms with Crippen LogP contribution in [-0.2, 0) is 11.8 Å². The lowest BCUT2D eigenvalue weighted by atomic mass is 9.74. The lowest BCUT2D eigenvalue weighted by Crippen LogP contribution is -2.41. The van der Waals surface area contributed by atoms with Crippen molar-refractivity contribution in [1.29, 1.82) is 0 Å². The molecule has 0 aliphatic carbocycles. The first-order valence-electron chi connectivity index (χ1n) is 6.84. The van der Waals surface area contributed by atoms with Crippen molar-refractivity contribution >= 4 is 11.6 Å². The van der Waals surface area contributed by atoms with Crippen LogP contribution >= 0.6 is 11.6 Å². The van der Waals surface area contributed by atoms with Crippen LogP contribution < -0.4 is 5.73 Å². The molecule has 0 bridgehead atoms. The quantitative estimate of drug-likeness (QED) is 0.891. The van der Waals surface area contributed by atoms with Gasteiger partial charge in [-0.15, -0.1) is 0 Å². The van der Waals surface area contributed by atoms with Gasteiger partial charge in [-0.05, 0) is 36.1 Å². The van der Waals surface area contributed by atoms with Crippen LogP contribution in [0.15, 0.2) is 42.5 Å². The molecular weight excluding hydrogens is 289 g/mol. The number of halogens is 2. The first-order chi connectivity index (χ1) is 10.0. The van der Waals surface area contributed by atoms with Gasteiger partial charge in [0.05, 0.1) is 11.6 Å². The van der Waals surface area contributed by atoms with Crippen molar-refractivity contribution in [2.75, 3.05) is 13.2 Å². The summed E-state index contributed by atoms with van der Waals surface area (Å²) in [7, 11) is 0. The highest BCUT2D eigenvalue weighted by atomic mass is 35.5. The van der Waals surface area contributed by atoms with E-state index in [1.165, 1.54) is 6.07 Å². The van der Waals surface area contributed by atoms with E-state index in [4.69, 9.17) is 17.3 Å². The van der Waals surface area contributed by atoms with Gasteiger partial charge in [0.15, 0.2) is 0 Å². The zero-order valence-electron chi connectivity index (χ0n) is 11.9. The van der Waals surface area contributed by atoms with Gasteiger partial charge in [-0.2, -0.15) is 0 Å². The minimum atomic E-state index is -0.664. The maximum atomic E-state index is 13.6. The summed E-state index contributed by atoms with van der Waals surface area (Å²) in [4.78, 5) is 0. The van der Waals surface area contributed by atoms with E-state index in [1.807, 2.05) is 31.2 Å². The third kappa shape index (κ3) is 3.10. The van der Waals surface area contributed by atoms with Crippen molar-refractivity contribution in [1.82, 2.24) is 0 Å². The average Bonchev–Trinajstić information content (AvgIpc) is 2.50. The van der Waals surface area contributed by atoms with E-state index in [9.17, 15) is 9.50 Å². The zero-order chi connectivity index (χ0) is 15.5. The van der Waals surface area contributed by atoms with Crippen LogP contribution in [0.5, 0.6) is 0 Å². The Bertz CT molecular complexity index is 626. The largest absolute Gasteiger partial charge is 0.395 e. The fourth-order valence-corrected chi connectivity index (χ4v) is 2.89. The molecule has 0 aromatic heterocycles. The van der Waals surface area contributed by atoms with E-state index < -0.39 is 11.2 Å². The SMILES string of the molecule is Cc1ccccc1C(CN)(CO)Cc1cccc(F)c1Cl. The fourth-order valence-electron chi connectivity index (χ4n) is 2.70. The Morgan fingerprint density at radius 1 is 1.19 bits per heavy atom. The molecule has 0 saturated carbocycles. The van der Waals surface area contributed by atoms with E-state index in [1.54, 1.807) is 12.1 Å². The van der Waals surface area contributed by atoms with E-state index in [2.05, 4.69) is 0 Å². The highest BCUT2D eigenvalue weighted by Crippen LogP contribution is 2.32. The number of aliphatic hydroxyl groups is 1. The molecule has 0 aliphatic heterocycles. The summed E-state index contributed by atoms with van der Waals surface area (Å²) in [6, 6.07) is 12.5. The molecule has 2 rings (SSSR count). The summed E-state index contributed by atoms with van der Waals surface area (Å²) >= 11 is 6.04. The predicted molar refractivity (Wildman–Crippen MR) is 84.1 cm³/mol. The van der Waals surface area contributed by atoms with Crippen molar-refractivity contribution in [3.63, 3.8) is 0 Å². The molecule has 2 nitrogen and oxygen atoms in total. The van der Waals surface area contributed by atoms with Crippen LogP contribution in [0.2, 0.25) is 5.02 Å². The van der Waals surface area contributed by atoms with Crippen molar-refractivity contribution in [3.8, 4) is 0 Å². The third-order valence-electron chi connectivity index (χ3n) is 3.97. The topological polar surface area (TPSA) is 46.2 Å². The van der Waals surface area contributed by atoms with Gasteiger partial charge in [0.25, 0.3) is 0 Å². The molecule has 0 saturated heterocycles. The van der Waals surface area contributed by atoms with Crippen LogP contribution in [0, 0.1) is 12.7 Å². The van der Waals surface area contributed by atoms with E-state index in [-0.39, 0.29) is 18.2 Å². The monoisotopic (exact) mass is 307 g/mol. The molecule has 0 radical (unpaired) electrons. The summed E-state index contributed by atoms with van der Waals surface area (Å²) in [6.07, 6.45) is 0.390. The lowest BCUT2D eigenvalue weighted by molar-refractivity contribution is 0.195. The van der Waals surface area contributed by atoms with E-state index >= 15 is 0 Å². The standard InChI is InChI=1S/C17H19ClFNO/c1-12-5-2-3-7-14(12)17(10-20,11-21)9-13-6-4-8-15(19)16(13)18/h2-8,21H,9-11,20H2,1H3. The summed E-state index contributed by atoms with van der Waals surface area (Å²) in [6.45, 7) is 2.10. The van der Waals surface area contributed by atoms with Crippen molar-refractivity contribution < 1.29 is 9.50 Å². The maximum Gasteiger partial charge on any atom is 0.142 e. The number of nitrogens with two attached hydrogens (primary N) is 1. The molecule has 0 aliphatic rings. The number of aryl methyl sites for hydroxylation is 1. The zero-order valence-corrected chi connectivity index (χ0v) is 12.7. The first kappa shape index (κ1) is 16.0. The fraction of sp³-hybridized carbons (Fsp3) is 0.294. The van der Waals surface area contributed by atoms with Gasteiger partial charge >= 0.3 is 0 Å². The second kappa shape index (κ2) is 6.56. The van der Waals surface area contributed by atoms with E-state index in [0.29, 0.717) is 12.0 Å². The van der Waals surface area contributed by atoms with Crippen LogP contribution in [0.3, 0.4) is 0 Å². The highest BCUT2D eigenvalue weighted by molar-refractivity contribution is 6.31. The number of hydrogen-bond donors (Lipinski definition) is 2. The molecule has 0 heterocycles. The summed E-state index contributed by atoms with van der Waals surface area (Å²) in [5, 5.41) is 10.1.